The van der Waals surface area contributed by atoms with Gasteiger partial charge in [-0.05, 0) is 58.6 Å². The zero-order chi connectivity index (χ0) is 14.5. The van der Waals surface area contributed by atoms with Gasteiger partial charge in [0.2, 0.25) is 0 Å². The highest BCUT2D eigenvalue weighted by Gasteiger charge is 2.08. The molecule has 0 aliphatic heterocycles. The van der Waals surface area contributed by atoms with Gasteiger partial charge in [-0.1, -0.05) is 30.3 Å². The average molecular weight is 334 g/mol. The molecule has 0 saturated carbocycles. The van der Waals surface area contributed by atoms with E-state index in [2.05, 4.69) is 71.5 Å². The second-order valence-electron chi connectivity index (χ2n) is 4.93. The highest BCUT2D eigenvalue weighted by molar-refractivity contribution is 9.10. The molecule has 20 heavy (non-hydrogen) atoms. The van der Waals surface area contributed by atoms with Gasteiger partial charge in [0.25, 0.3) is 0 Å². The maximum Gasteiger partial charge on any atom is 0.133 e. The standard InChI is InChI=1S/C17H20BrNO/c1-12-6-4-5-7-15(12)13(2)19-11-14-8-9-17(20-3)16(18)10-14/h4-10,13,19H,11H2,1-3H3/t13-/m0/s1. The largest absolute Gasteiger partial charge is 0.496 e. The summed E-state index contributed by atoms with van der Waals surface area (Å²) in [6.45, 7) is 5.18. The minimum Gasteiger partial charge on any atom is -0.496 e. The Labute approximate surface area is 129 Å². The van der Waals surface area contributed by atoms with Crippen molar-refractivity contribution in [1.82, 2.24) is 5.32 Å². The van der Waals surface area contributed by atoms with Gasteiger partial charge in [0, 0.05) is 12.6 Å². The molecular weight excluding hydrogens is 314 g/mol. The Hall–Kier alpha value is -1.32. The summed E-state index contributed by atoms with van der Waals surface area (Å²) in [4.78, 5) is 0. The second kappa shape index (κ2) is 6.91. The number of rotatable bonds is 5. The molecule has 0 heterocycles. The molecule has 2 rings (SSSR count). The Morgan fingerprint density at radius 2 is 1.95 bits per heavy atom. The maximum absolute atomic E-state index is 5.24. The molecule has 0 radical (unpaired) electrons. The van der Waals surface area contributed by atoms with Crippen LogP contribution in [0.4, 0.5) is 0 Å². The van der Waals surface area contributed by atoms with E-state index in [4.69, 9.17) is 4.74 Å². The molecule has 106 valence electrons. The molecule has 1 N–H and O–H groups in total. The van der Waals surface area contributed by atoms with Crippen LogP contribution in [0.25, 0.3) is 0 Å². The summed E-state index contributed by atoms with van der Waals surface area (Å²) in [5, 5.41) is 3.56. The van der Waals surface area contributed by atoms with Gasteiger partial charge >= 0.3 is 0 Å². The van der Waals surface area contributed by atoms with E-state index in [0.717, 1.165) is 16.8 Å². The zero-order valence-electron chi connectivity index (χ0n) is 12.1. The number of nitrogens with one attached hydrogen (secondary N) is 1. The fraction of sp³-hybridized carbons (Fsp3) is 0.294. The number of benzene rings is 2. The van der Waals surface area contributed by atoms with Gasteiger partial charge in [-0.3, -0.25) is 0 Å². The van der Waals surface area contributed by atoms with E-state index in [-0.39, 0.29) is 0 Å². The summed E-state index contributed by atoms with van der Waals surface area (Å²) in [5.74, 6) is 0.862. The summed E-state index contributed by atoms with van der Waals surface area (Å²) < 4.78 is 6.23. The highest BCUT2D eigenvalue weighted by atomic mass is 79.9. The van der Waals surface area contributed by atoms with Crippen LogP contribution < -0.4 is 10.1 Å². The van der Waals surface area contributed by atoms with Gasteiger partial charge < -0.3 is 10.1 Å². The Bertz CT molecular complexity index is 583. The first-order chi connectivity index (χ1) is 9.61. The van der Waals surface area contributed by atoms with Crippen LogP contribution in [0.15, 0.2) is 46.9 Å². The van der Waals surface area contributed by atoms with Crippen LogP contribution in [-0.4, -0.2) is 7.11 Å². The number of hydrogen-bond donors (Lipinski definition) is 1. The van der Waals surface area contributed by atoms with Crippen LogP contribution in [0.3, 0.4) is 0 Å². The fourth-order valence-electron chi connectivity index (χ4n) is 2.27. The van der Waals surface area contributed by atoms with Crippen molar-refractivity contribution >= 4 is 15.9 Å². The van der Waals surface area contributed by atoms with E-state index in [0.29, 0.717) is 6.04 Å². The predicted molar refractivity (Wildman–Crippen MR) is 87.1 cm³/mol. The molecule has 0 spiro atoms. The molecule has 0 unspecified atom stereocenters. The lowest BCUT2D eigenvalue weighted by atomic mass is 10.0. The van der Waals surface area contributed by atoms with Crippen molar-refractivity contribution in [2.24, 2.45) is 0 Å². The van der Waals surface area contributed by atoms with Crippen LogP contribution in [0, 0.1) is 6.92 Å². The van der Waals surface area contributed by atoms with Crippen molar-refractivity contribution < 1.29 is 4.74 Å². The smallest absolute Gasteiger partial charge is 0.133 e. The lowest BCUT2D eigenvalue weighted by molar-refractivity contribution is 0.412. The molecule has 0 bridgehead atoms. The van der Waals surface area contributed by atoms with E-state index in [1.54, 1.807) is 7.11 Å². The SMILES string of the molecule is COc1ccc(CN[C@@H](C)c2ccccc2C)cc1Br. The summed E-state index contributed by atoms with van der Waals surface area (Å²) >= 11 is 3.52. The van der Waals surface area contributed by atoms with Crippen molar-refractivity contribution in [3.63, 3.8) is 0 Å². The van der Waals surface area contributed by atoms with Crippen molar-refractivity contribution in [2.45, 2.75) is 26.4 Å². The first-order valence-corrected chi connectivity index (χ1v) is 7.52. The van der Waals surface area contributed by atoms with Crippen molar-refractivity contribution in [3.05, 3.63) is 63.6 Å². The lowest BCUT2D eigenvalue weighted by Crippen LogP contribution is -2.18. The van der Waals surface area contributed by atoms with Gasteiger partial charge in [-0.2, -0.15) is 0 Å². The van der Waals surface area contributed by atoms with E-state index in [1.807, 2.05) is 6.07 Å². The van der Waals surface area contributed by atoms with Crippen LogP contribution in [-0.2, 0) is 6.54 Å². The molecule has 3 heteroatoms. The molecule has 2 aromatic carbocycles. The molecule has 0 aliphatic carbocycles. The van der Waals surface area contributed by atoms with Gasteiger partial charge in [0.15, 0.2) is 0 Å². The number of halogens is 1. The molecule has 1 atom stereocenters. The van der Waals surface area contributed by atoms with Crippen molar-refractivity contribution in [3.8, 4) is 5.75 Å². The molecule has 2 aromatic rings. The van der Waals surface area contributed by atoms with Crippen LogP contribution in [0.1, 0.15) is 29.7 Å². The number of hydrogen-bond acceptors (Lipinski definition) is 2. The summed E-state index contributed by atoms with van der Waals surface area (Å²) in [7, 11) is 1.68. The Morgan fingerprint density at radius 3 is 2.60 bits per heavy atom. The highest BCUT2D eigenvalue weighted by Crippen LogP contribution is 2.26. The summed E-state index contributed by atoms with van der Waals surface area (Å²) in [5.41, 5.74) is 3.90. The van der Waals surface area contributed by atoms with E-state index in [9.17, 15) is 0 Å². The van der Waals surface area contributed by atoms with Gasteiger partial charge in [0.1, 0.15) is 5.75 Å². The molecule has 0 aliphatic rings. The van der Waals surface area contributed by atoms with Crippen LogP contribution >= 0.6 is 15.9 Å². The van der Waals surface area contributed by atoms with Crippen molar-refractivity contribution in [2.75, 3.05) is 7.11 Å². The first kappa shape index (κ1) is 15.1. The number of aryl methyl sites for hydroxylation is 1. The summed E-state index contributed by atoms with van der Waals surface area (Å²) in [6.07, 6.45) is 0. The minimum absolute atomic E-state index is 0.331. The third kappa shape index (κ3) is 3.62. The van der Waals surface area contributed by atoms with Crippen LogP contribution in [0.2, 0.25) is 0 Å². The maximum atomic E-state index is 5.24. The quantitative estimate of drug-likeness (QED) is 0.862. The van der Waals surface area contributed by atoms with Gasteiger partial charge in [-0.25, -0.2) is 0 Å². The van der Waals surface area contributed by atoms with E-state index < -0.39 is 0 Å². The van der Waals surface area contributed by atoms with Crippen molar-refractivity contribution in [1.29, 1.82) is 0 Å². The van der Waals surface area contributed by atoms with Gasteiger partial charge in [-0.15, -0.1) is 0 Å². The molecule has 2 nitrogen and oxygen atoms in total. The van der Waals surface area contributed by atoms with Crippen LogP contribution in [0.5, 0.6) is 5.75 Å². The number of methoxy groups -OCH3 is 1. The molecule has 0 amide bonds. The molecule has 0 aromatic heterocycles. The fourth-order valence-corrected chi connectivity index (χ4v) is 2.86. The Balaban J connectivity index is 2.02. The zero-order valence-corrected chi connectivity index (χ0v) is 13.7. The first-order valence-electron chi connectivity index (χ1n) is 6.73. The lowest BCUT2D eigenvalue weighted by Gasteiger charge is -2.17. The third-order valence-electron chi connectivity index (χ3n) is 3.48. The van der Waals surface area contributed by atoms with E-state index in [1.165, 1.54) is 16.7 Å². The number of ether oxygens (including phenoxy) is 1. The molecule has 0 fully saturated rings. The molecular formula is C17H20BrNO. The Kier molecular flexibility index (Phi) is 5.21. The van der Waals surface area contributed by atoms with E-state index >= 15 is 0 Å². The monoisotopic (exact) mass is 333 g/mol. The second-order valence-corrected chi connectivity index (χ2v) is 5.78. The third-order valence-corrected chi connectivity index (χ3v) is 4.10. The average Bonchev–Trinajstić information content (AvgIpc) is 2.45. The minimum atomic E-state index is 0.331. The van der Waals surface area contributed by atoms with Gasteiger partial charge in [0.05, 0.1) is 11.6 Å². The Morgan fingerprint density at radius 1 is 1.20 bits per heavy atom. The molecule has 0 saturated heterocycles. The normalized spacial score (nSPS) is 12.2. The summed E-state index contributed by atoms with van der Waals surface area (Å²) in [6, 6.07) is 15.0. The topological polar surface area (TPSA) is 21.3 Å². The predicted octanol–water partition coefficient (Wildman–Crippen LogP) is 4.62.